The van der Waals surface area contributed by atoms with Gasteiger partial charge in [0.05, 0.1) is 7.11 Å². The minimum absolute atomic E-state index is 0.831. The first-order valence-corrected chi connectivity index (χ1v) is 3.00. The van der Waals surface area contributed by atoms with Gasteiger partial charge in [-0.05, 0) is 12.1 Å². The summed E-state index contributed by atoms with van der Waals surface area (Å²) in [7, 11) is 1.64. The van der Waals surface area contributed by atoms with Crippen molar-refractivity contribution in [3.8, 4) is 5.75 Å². The van der Waals surface area contributed by atoms with Gasteiger partial charge in [0, 0.05) is 6.07 Å². The molecule has 0 N–H and O–H groups in total. The number of fused-ring (bicyclic) bond motifs is 1. The number of benzene rings is 1. The maximum absolute atomic E-state index is 4.98. The molecule has 1 aliphatic heterocycles. The third-order valence-electron chi connectivity index (χ3n) is 1.45. The molecule has 0 unspecified atom stereocenters. The molecule has 2 rings (SSSR count). The van der Waals surface area contributed by atoms with Gasteiger partial charge in [0.25, 0.3) is 0 Å². The highest BCUT2D eigenvalue weighted by Crippen LogP contribution is 2.39. The summed E-state index contributed by atoms with van der Waals surface area (Å²) in [6, 6.07) is 5.63. The van der Waals surface area contributed by atoms with Gasteiger partial charge in [-0.2, -0.15) is 0 Å². The molecule has 0 spiro atoms. The fourth-order valence-electron chi connectivity index (χ4n) is 0.858. The van der Waals surface area contributed by atoms with Gasteiger partial charge >= 0.3 is 0 Å². The Hall–Kier alpha value is -1.38. The Morgan fingerprint density at radius 2 is 2.00 bits per heavy atom. The van der Waals surface area contributed by atoms with Crippen molar-refractivity contribution in [3.63, 3.8) is 0 Å². The van der Waals surface area contributed by atoms with Crippen LogP contribution in [0.5, 0.6) is 5.75 Å². The molecule has 50 valence electrons. The summed E-state index contributed by atoms with van der Waals surface area (Å²) < 4.78 is 4.98. The molecular weight excluding hydrogens is 128 g/mol. The summed E-state index contributed by atoms with van der Waals surface area (Å²) in [4.78, 5) is 0. The van der Waals surface area contributed by atoms with Gasteiger partial charge in [0.15, 0.2) is 0 Å². The van der Waals surface area contributed by atoms with E-state index < -0.39 is 0 Å². The van der Waals surface area contributed by atoms with E-state index in [0.717, 1.165) is 17.1 Å². The van der Waals surface area contributed by atoms with Crippen molar-refractivity contribution in [1.82, 2.24) is 0 Å². The first-order chi connectivity index (χ1) is 4.90. The average molecular weight is 134 g/mol. The summed E-state index contributed by atoms with van der Waals surface area (Å²) in [5, 5.41) is 7.56. The van der Waals surface area contributed by atoms with Crippen LogP contribution in [-0.4, -0.2) is 7.11 Å². The van der Waals surface area contributed by atoms with E-state index in [1.807, 2.05) is 18.2 Å². The number of azo groups is 1. The summed E-state index contributed by atoms with van der Waals surface area (Å²) >= 11 is 0. The van der Waals surface area contributed by atoms with Crippen molar-refractivity contribution in [1.29, 1.82) is 0 Å². The molecule has 0 aromatic heterocycles. The zero-order chi connectivity index (χ0) is 6.97. The van der Waals surface area contributed by atoms with E-state index in [2.05, 4.69) is 10.2 Å². The van der Waals surface area contributed by atoms with Crippen LogP contribution in [0.25, 0.3) is 0 Å². The molecule has 0 saturated carbocycles. The zero-order valence-electron chi connectivity index (χ0n) is 5.53. The standard InChI is InChI=1S/C7H6N2O/c1-10-5-2-3-6-7(4-5)9-8-6/h2-4H,1H3. The Morgan fingerprint density at radius 3 is 2.50 bits per heavy atom. The minimum atomic E-state index is 0.831. The molecule has 0 aliphatic carbocycles. The van der Waals surface area contributed by atoms with E-state index in [-0.39, 0.29) is 0 Å². The topological polar surface area (TPSA) is 34.0 Å². The SMILES string of the molecule is COc1ccc2c(c1)N=N2. The second-order valence-electron chi connectivity index (χ2n) is 2.05. The van der Waals surface area contributed by atoms with Gasteiger partial charge in [-0.3, -0.25) is 0 Å². The molecule has 1 aliphatic rings. The lowest BCUT2D eigenvalue weighted by atomic mass is 10.2. The zero-order valence-corrected chi connectivity index (χ0v) is 5.53. The highest BCUT2D eigenvalue weighted by molar-refractivity contribution is 5.67. The summed E-state index contributed by atoms with van der Waals surface area (Å²) in [5.41, 5.74) is 1.86. The molecule has 0 fully saturated rings. The van der Waals surface area contributed by atoms with E-state index in [0.29, 0.717) is 0 Å². The van der Waals surface area contributed by atoms with Gasteiger partial charge in [-0.15, -0.1) is 10.2 Å². The third-order valence-corrected chi connectivity index (χ3v) is 1.45. The molecule has 1 aromatic rings. The van der Waals surface area contributed by atoms with Crippen molar-refractivity contribution >= 4 is 11.4 Å². The molecule has 10 heavy (non-hydrogen) atoms. The molecular formula is C7H6N2O. The monoisotopic (exact) mass is 134 g/mol. The molecule has 0 radical (unpaired) electrons. The van der Waals surface area contributed by atoms with E-state index in [9.17, 15) is 0 Å². The third kappa shape index (κ3) is 0.603. The van der Waals surface area contributed by atoms with Gasteiger partial charge in [-0.25, -0.2) is 0 Å². The molecule has 1 heterocycles. The van der Waals surface area contributed by atoms with Crippen LogP contribution in [0.3, 0.4) is 0 Å². The predicted molar refractivity (Wildman–Crippen MR) is 37.2 cm³/mol. The van der Waals surface area contributed by atoms with Crippen LogP contribution in [0.1, 0.15) is 0 Å². The van der Waals surface area contributed by atoms with Crippen molar-refractivity contribution in [2.75, 3.05) is 7.11 Å². The Morgan fingerprint density at radius 1 is 1.20 bits per heavy atom. The van der Waals surface area contributed by atoms with Crippen molar-refractivity contribution in [2.24, 2.45) is 10.2 Å². The fourth-order valence-corrected chi connectivity index (χ4v) is 0.858. The van der Waals surface area contributed by atoms with Crippen LogP contribution in [0.4, 0.5) is 11.4 Å². The van der Waals surface area contributed by atoms with Gasteiger partial charge < -0.3 is 4.74 Å². The van der Waals surface area contributed by atoms with Gasteiger partial charge in [0.2, 0.25) is 0 Å². The number of rotatable bonds is 1. The fraction of sp³-hybridized carbons (Fsp3) is 0.143. The molecule has 3 nitrogen and oxygen atoms in total. The number of hydrogen-bond acceptors (Lipinski definition) is 3. The second-order valence-corrected chi connectivity index (χ2v) is 2.05. The highest BCUT2D eigenvalue weighted by Gasteiger charge is 2.08. The Balaban J connectivity index is 2.46. The largest absolute Gasteiger partial charge is 0.497 e. The number of ether oxygens (including phenoxy) is 1. The summed E-state index contributed by atoms with van der Waals surface area (Å²) in [6.07, 6.45) is 0. The van der Waals surface area contributed by atoms with Crippen LogP contribution in [0.15, 0.2) is 28.4 Å². The molecule has 3 heteroatoms. The van der Waals surface area contributed by atoms with E-state index in [4.69, 9.17) is 4.74 Å². The van der Waals surface area contributed by atoms with Crippen LogP contribution < -0.4 is 4.74 Å². The van der Waals surface area contributed by atoms with Gasteiger partial charge in [0.1, 0.15) is 17.1 Å². The molecule has 0 saturated heterocycles. The number of nitrogens with zero attached hydrogens (tertiary/aromatic N) is 2. The quantitative estimate of drug-likeness (QED) is 0.589. The second kappa shape index (κ2) is 1.80. The van der Waals surface area contributed by atoms with E-state index >= 15 is 0 Å². The smallest absolute Gasteiger partial charge is 0.121 e. The predicted octanol–water partition coefficient (Wildman–Crippen LogP) is 2.42. The van der Waals surface area contributed by atoms with Crippen molar-refractivity contribution in [2.45, 2.75) is 0 Å². The summed E-state index contributed by atoms with van der Waals surface area (Å²) in [5.74, 6) is 0.831. The Kier molecular flexibility index (Phi) is 0.974. The lowest BCUT2D eigenvalue weighted by Crippen LogP contribution is -1.83. The van der Waals surface area contributed by atoms with Crippen LogP contribution in [0, 0.1) is 0 Å². The lowest BCUT2D eigenvalue weighted by Gasteiger charge is -2.07. The first-order valence-electron chi connectivity index (χ1n) is 3.00. The maximum Gasteiger partial charge on any atom is 0.121 e. The Labute approximate surface area is 58.4 Å². The molecule has 0 atom stereocenters. The van der Waals surface area contributed by atoms with Crippen LogP contribution in [-0.2, 0) is 0 Å². The molecule has 0 bridgehead atoms. The normalized spacial score (nSPS) is 12.1. The maximum atomic E-state index is 4.98. The highest BCUT2D eigenvalue weighted by atomic mass is 16.5. The Bertz CT molecular complexity index is 294. The van der Waals surface area contributed by atoms with Crippen molar-refractivity contribution in [3.05, 3.63) is 18.2 Å². The molecule has 1 aromatic carbocycles. The van der Waals surface area contributed by atoms with Crippen molar-refractivity contribution < 1.29 is 4.74 Å². The summed E-state index contributed by atoms with van der Waals surface area (Å²) in [6.45, 7) is 0. The average Bonchev–Trinajstić information content (AvgIpc) is 1.92. The molecule has 0 amide bonds. The number of methoxy groups -OCH3 is 1. The minimum Gasteiger partial charge on any atom is -0.497 e. The number of hydrogen-bond donors (Lipinski definition) is 0. The van der Waals surface area contributed by atoms with E-state index in [1.54, 1.807) is 7.11 Å². The van der Waals surface area contributed by atoms with Gasteiger partial charge in [-0.1, -0.05) is 0 Å². The van der Waals surface area contributed by atoms with E-state index in [1.165, 1.54) is 0 Å². The van der Waals surface area contributed by atoms with Crippen LogP contribution >= 0.6 is 0 Å². The first kappa shape index (κ1) is 5.41. The lowest BCUT2D eigenvalue weighted by molar-refractivity contribution is 0.415. The van der Waals surface area contributed by atoms with Crippen LogP contribution in [0.2, 0.25) is 0 Å².